The Morgan fingerprint density at radius 2 is 0.714 bits per heavy atom. The summed E-state index contributed by atoms with van der Waals surface area (Å²) in [7, 11) is 0. The van der Waals surface area contributed by atoms with Gasteiger partial charge in [0, 0.05) is 12.8 Å². The van der Waals surface area contributed by atoms with Crippen LogP contribution in [0.4, 0.5) is 0 Å². The summed E-state index contributed by atoms with van der Waals surface area (Å²) in [5.74, 6) is -0.0952. The van der Waals surface area contributed by atoms with Gasteiger partial charge in [0.15, 0.2) is 0 Å². The largest absolute Gasteiger partial charge is 0.466 e. The number of amides is 1. The minimum absolute atomic E-state index is 0.0113. The first-order valence-electron chi connectivity index (χ1n) is 30.9. The maximum Gasteiger partial charge on any atom is 0.305 e. The van der Waals surface area contributed by atoms with Crippen molar-refractivity contribution < 1.29 is 24.5 Å². The summed E-state index contributed by atoms with van der Waals surface area (Å²) >= 11 is 0. The van der Waals surface area contributed by atoms with E-state index < -0.39 is 12.1 Å². The SMILES string of the molecule is CCCCCC/C=C\C/C=C\CCCCCCCCCC(=O)OCCCCCCCCC/C=C\CCCCCCCC(=O)NC(CO)C(O)/C=C/CCCCCCCCCCCCCCCCCCC. The Hall–Kier alpha value is -2.18. The van der Waals surface area contributed by atoms with Gasteiger partial charge < -0.3 is 20.3 Å². The third kappa shape index (κ3) is 55.1. The van der Waals surface area contributed by atoms with Crippen molar-refractivity contribution in [3.8, 4) is 0 Å². The van der Waals surface area contributed by atoms with E-state index in [1.165, 1.54) is 225 Å². The molecule has 0 saturated heterocycles. The number of aliphatic hydroxyl groups is 2. The fourth-order valence-corrected chi connectivity index (χ4v) is 9.31. The highest BCUT2D eigenvalue weighted by Crippen LogP contribution is 2.16. The van der Waals surface area contributed by atoms with Crippen LogP contribution in [0.25, 0.3) is 0 Å². The normalized spacial score (nSPS) is 12.9. The summed E-state index contributed by atoms with van der Waals surface area (Å²) in [4.78, 5) is 24.6. The molecule has 0 aromatic carbocycles. The minimum atomic E-state index is -0.857. The van der Waals surface area contributed by atoms with Gasteiger partial charge in [0.1, 0.15) is 0 Å². The molecule has 0 radical (unpaired) electrons. The fraction of sp³-hybridized carbons (Fsp3) is 0.844. The molecule has 0 aromatic heterocycles. The lowest BCUT2D eigenvalue weighted by Gasteiger charge is -2.20. The summed E-state index contributed by atoms with van der Waals surface area (Å²) < 4.78 is 5.48. The van der Waals surface area contributed by atoms with Gasteiger partial charge >= 0.3 is 5.97 Å². The van der Waals surface area contributed by atoms with E-state index in [1.807, 2.05) is 6.08 Å². The number of rotatable bonds is 57. The Morgan fingerprint density at radius 3 is 1.11 bits per heavy atom. The first-order valence-corrected chi connectivity index (χ1v) is 30.9. The van der Waals surface area contributed by atoms with Crippen molar-refractivity contribution in [1.29, 1.82) is 0 Å². The molecular formula is C64H119NO5. The van der Waals surface area contributed by atoms with E-state index in [0.717, 1.165) is 70.6 Å². The smallest absolute Gasteiger partial charge is 0.305 e. The molecule has 0 heterocycles. The van der Waals surface area contributed by atoms with Crippen LogP contribution in [0.3, 0.4) is 0 Å². The van der Waals surface area contributed by atoms with Crippen LogP contribution < -0.4 is 5.32 Å². The Morgan fingerprint density at radius 1 is 0.400 bits per heavy atom. The second kappa shape index (κ2) is 59.4. The third-order valence-electron chi connectivity index (χ3n) is 14.1. The van der Waals surface area contributed by atoms with Crippen molar-refractivity contribution in [2.75, 3.05) is 13.2 Å². The quantitative estimate of drug-likeness (QED) is 0.0321. The number of esters is 1. The van der Waals surface area contributed by atoms with Gasteiger partial charge in [-0.2, -0.15) is 0 Å². The summed E-state index contributed by atoms with van der Waals surface area (Å²) in [6, 6.07) is -0.642. The van der Waals surface area contributed by atoms with E-state index >= 15 is 0 Å². The molecule has 0 rings (SSSR count). The van der Waals surface area contributed by atoms with Gasteiger partial charge in [-0.1, -0.05) is 268 Å². The molecule has 2 unspecified atom stereocenters. The topological polar surface area (TPSA) is 95.9 Å². The molecule has 1 amide bonds. The predicted molar refractivity (Wildman–Crippen MR) is 306 cm³/mol. The first kappa shape index (κ1) is 67.8. The molecule has 0 bridgehead atoms. The minimum Gasteiger partial charge on any atom is -0.466 e. The van der Waals surface area contributed by atoms with Gasteiger partial charge in [0.2, 0.25) is 5.91 Å². The second-order valence-corrected chi connectivity index (χ2v) is 21.0. The first-order chi connectivity index (χ1) is 34.5. The van der Waals surface area contributed by atoms with Crippen LogP contribution in [0.1, 0.15) is 322 Å². The van der Waals surface area contributed by atoms with Crippen LogP contribution in [0.15, 0.2) is 48.6 Å². The van der Waals surface area contributed by atoms with Crippen molar-refractivity contribution in [1.82, 2.24) is 5.32 Å². The summed E-state index contributed by atoms with van der Waals surface area (Å²) in [5.41, 5.74) is 0. The highest BCUT2D eigenvalue weighted by atomic mass is 16.5. The van der Waals surface area contributed by atoms with Crippen LogP contribution in [0.5, 0.6) is 0 Å². The molecule has 3 N–H and O–H groups in total. The van der Waals surface area contributed by atoms with Crippen molar-refractivity contribution in [2.45, 2.75) is 334 Å². The molecule has 0 fully saturated rings. The van der Waals surface area contributed by atoms with Gasteiger partial charge in [-0.3, -0.25) is 9.59 Å². The van der Waals surface area contributed by atoms with Crippen LogP contribution >= 0.6 is 0 Å². The van der Waals surface area contributed by atoms with E-state index in [1.54, 1.807) is 6.08 Å². The summed E-state index contributed by atoms with van der Waals surface area (Å²) in [5, 5.41) is 23.2. The lowest BCUT2D eigenvalue weighted by molar-refractivity contribution is -0.143. The second-order valence-electron chi connectivity index (χ2n) is 21.0. The number of carbonyl (C=O) groups is 2. The van der Waals surface area contributed by atoms with Gasteiger partial charge in [-0.05, 0) is 89.9 Å². The molecule has 410 valence electrons. The van der Waals surface area contributed by atoms with Crippen LogP contribution in [0, 0.1) is 0 Å². The molecule has 0 spiro atoms. The molecule has 6 nitrogen and oxygen atoms in total. The Kier molecular flexibility index (Phi) is 57.5. The molecule has 0 saturated carbocycles. The predicted octanol–water partition coefficient (Wildman–Crippen LogP) is 19.4. The van der Waals surface area contributed by atoms with Crippen LogP contribution in [0.2, 0.25) is 0 Å². The Bertz CT molecular complexity index is 1180. The van der Waals surface area contributed by atoms with Gasteiger partial charge in [-0.25, -0.2) is 0 Å². The molecule has 0 aromatic rings. The standard InChI is InChI=1S/C64H119NO5/c1-3-5-7-9-11-13-15-17-19-21-23-24-28-32-36-40-44-48-52-56-62(67)61(60-66)65-63(68)57-53-49-45-41-37-33-29-26-27-31-35-39-43-47-51-55-59-70-64(69)58-54-50-46-42-38-34-30-25-22-20-18-16-14-12-10-8-6-4-2/h14,16,20,22,26,29,52,56,61-62,66-67H,3-13,15,17-19,21,23-25,27-28,30-51,53-55,57-60H2,1-2H3,(H,65,68)/b16-14-,22-20-,29-26-,56-52+. The van der Waals surface area contributed by atoms with E-state index in [-0.39, 0.29) is 18.5 Å². The Labute approximate surface area is 436 Å². The number of carbonyl (C=O) groups excluding carboxylic acids is 2. The molecular weight excluding hydrogens is 863 g/mol. The third-order valence-corrected chi connectivity index (χ3v) is 14.1. The fourth-order valence-electron chi connectivity index (χ4n) is 9.31. The number of unbranched alkanes of at least 4 members (excludes halogenated alkanes) is 40. The number of allylic oxidation sites excluding steroid dienone is 7. The van der Waals surface area contributed by atoms with Gasteiger partial charge in [0.05, 0.1) is 25.4 Å². The zero-order valence-electron chi connectivity index (χ0n) is 46.7. The zero-order valence-corrected chi connectivity index (χ0v) is 46.7. The maximum absolute atomic E-state index is 12.5. The Balaban J connectivity index is 3.50. The molecule has 6 heteroatoms. The molecule has 70 heavy (non-hydrogen) atoms. The number of ether oxygens (including phenoxy) is 1. The summed E-state index contributed by atoms with van der Waals surface area (Å²) in [6.07, 6.45) is 75.7. The lowest BCUT2D eigenvalue weighted by atomic mass is 10.0. The monoisotopic (exact) mass is 982 g/mol. The summed E-state index contributed by atoms with van der Waals surface area (Å²) in [6.45, 7) is 4.87. The average molecular weight is 983 g/mol. The van der Waals surface area contributed by atoms with Crippen molar-refractivity contribution in [3.63, 3.8) is 0 Å². The van der Waals surface area contributed by atoms with E-state index in [2.05, 4.69) is 55.6 Å². The number of nitrogens with one attached hydrogen (secondary N) is 1. The number of hydrogen-bond acceptors (Lipinski definition) is 5. The highest BCUT2D eigenvalue weighted by molar-refractivity contribution is 5.76. The molecule has 2 atom stereocenters. The number of aliphatic hydroxyl groups excluding tert-OH is 2. The maximum atomic E-state index is 12.5. The zero-order chi connectivity index (χ0) is 50.7. The van der Waals surface area contributed by atoms with Crippen molar-refractivity contribution >= 4 is 11.9 Å². The van der Waals surface area contributed by atoms with Gasteiger partial charge in [-0.15, -0.1) is 0 Å². The molecule has 0 aliphatic rings. The van der Waals surface area contributed by atoms with Crippen LogP contribution in [-0.2, 0) is 14.3 Å². The average Bonchev–Trinajstić information content (AvgIpc) is 3.36. The van der Waals surface area contributed by atoms with E-state index in [9.17, 15) is 19.8 Å². The molecule has 0 aliphatic carbocycles. The van der Waals surface area contributed by atoms with Gasteiger partial charge in [0.25, 0.3) is 0 Å². The van der Waals surface area contributed by atoms with E-state index in [4.69, 9.17) is 4.74 Å². The van der Waals surface area contributed by atoms with Crippen molar-refractivity contribution in [3.05, 3.63) is 48.6 Å². The number of hydrogen-bond donors (Lipinski definition) is 3. The molecule has 0 aliphatic heterocycles. The highest BCUT2D eigenvalue weighted by Gasteiger charge is 2.18. The van der Waals surface area contributed by atoms with Crippen molar-refractivity contribution in [2.24, 2.45) is 0 Å². The van der Waals surface area contributed by atoms with Crippen LogP contribution in [-0.4, -0.2) is 47.4 Å². The lowest BCUT2D eigenvalue weighted by Crippen LogP contribution is -2.45. The van der Waals surface area contributed by atoms with E-state index in [0.29, 0.717) is 19.4 Å².